The second-order valence-corrected chi connectivity index (χ2v) is 6.64. The fraction of sp³-hybridized carbons (Fsp3) is 0.400. The zero-order valence-electron chi connectivity index (χ0n) is 16.7. The monoisotopic (exact) mass is 433 g/mol. The van der Waals surface area contributed by atoms with Gasteiger partial charge in [-0.15, -0.1) is 0 Å². The Morgan fingerprint density at radius 2 is 2.00 bits per heavy atom. The molecule has 1 saturated heterocycles. The van der Waals surface area contributed by atoms with Crippen LogP contribution in [0.2, 0.25) is 0 Å². The first-order chi connectivity index (χ1) is 14.9. The molecule has 1 aromatic carbocycles. The van der Waals surface area contributed by atoms with Crippen molar-refractivity contribution in [3.05, 3.63) is 58.6 Å². The van der Waals surface area contributed by atoms with Gasteiger partial charge < -0.3 is 29.7 Å². The minimum Gasteiger partial charge on any atom is -0.464 e. The Morgan fingerprint density at radius 3 is 2.65 bits per heavy atom. The van der Waals surface area contributed by atoms with E-state index in [0.29, 0.717) is 5.56 Å². The summed E-state index contributed by atoms with van der Waals surface area (Å²) in [6.07, 6.45) is -3.30. The molecule has 1 aliphatic rings. The molecule has 11 heteroatoms. The second-order valence-electron chi connectivity index (χ2n) is 6.64. The summed E-state index contributed by atoms with van der Waals surface area (Å²) in [5.74, 6) is -1.06. The highest BCUT2D eigenvalue weighted by Crippen LogP contribution is 2.30. The van der Waals surface area contributed by atoms with Crippen LogP contribution in [0.4, 0.5) is 5.82 Å². The van der Waals surface area contributed by atoms with Crippen molar-refractivity contribution in [2.24, 2.45) is 0 Å². The summed E-state index contributed by atoms with van der Waals surface area (Å²) in [6.45, 7) is 0.804. The molecule has 1 aromatic heterocycles. The maximum absolute atomic E-state index is 12.6. The molecule has 0 unspecified atom stereocenters. The summed E-state index contributed by atoms with van der Waals surface area (Å²) in [7, 11) is 0. The molecule has 1 aliphatic heterocycles. The maximum Gasteiger partial charge on any atom is 0.351 e. The lowest BCUT2D eigenvalue weighted by molar-refractivity contribution is -0.155. The summed E-state index contributed by atoms with van der Waals surface area (Å²) in [5.41, 5.74) is -0.389. The fourth-order valence-corrected chi connectivity index (χ4v) is 3.09. The Balaban J connectivity index is 1.77. The van der Waals surface area contributed by atoms with Crippen molar-refractivity contribution in [2.75, 3.05) is 25.1 Å². The largest absolute Gasteiger partial charge is 0.464 e. The number of ether oxygens (including phenoxy) is 3. The van der Waals surface area contributed by atoms with Crippen molar-refractivity contribution < 1.29 is 34.0 Å². The molecule has 3 N–H and O–H groups in total. The van der Waals surface area contributed by atoms with Gasteiger partial charge in [-0.3, -0.25) is 9.36 Å². The van der Waals surface area contributed by atoms with Gasteiger partial charge in [-0.1, -0.05) is 18.2 Å². The van der Waals surface area contributed by atoms with Gasteiger partial charge in [-0.2, -0.15) is 4.98 Å². The Bertz CT molecular complexity index is 964. The van der Waals surface area contributed by atoms with Crippen LogP contribution in [0.25, 0.3) is 0 Å². The highest BCUT2D eigenvalue weighted by atomic mass is 16.6. The maximum atomic E-state index is 12.6. The van der Waals surface area contributed by atoms with Crippen molar-refractivity contribution in [2.45, 2.75) is 31.5 Å². The van der Waals surface area contributed by atoms with E-state index in [9.17, 15) is 24.6 Å². The van der Waals surface area contributed by atoms with E-state index < -0.39 is 55.3 Å². The molecule has 0 aliphatic carbocycles. The van der Waals surface area contributed by atoms with Gasteiger partial charge in [0.15, 0.2) is 6.23 Å². The highest BCUT2D eigenvalue weighted by molar-refractivity contribution is 6.03. The first kappa shape index (κ1) is 22.6. The van der Waals surface area contributed by atoms with Gasteiger partial charge in [0.1, 0.15) is 30.7 Å². The van der Waals surface area contributed by atoms with E-state index in [4.69, 9.17) is 14.2 Å². The quantitative estimate of drug-likeness (QED) is 0.477. The van der Waals surface area contributed by atoms with Gasteiger partial charge in [0.2, 0.25) is 0 Å². The van der Waals surface area contributed by atoms with Crippen LogP contribution in [0, 0.1) is 0 Å². The molecule has 166 valence electrons. The van der Waals surface area contributed by atoms with Gasteiger partial charge in [0.05, 0.1) is 13.2 Å². The van der Waals surface area contributed by atoms with Crippen LogP contribution in [0.15, 0.2) is 47.4 Å². The number of amides is 1. The molecule has 0 saturated carbocycles. The average Bonchev–Trinajstić information content (AvgIpc) is 3.08. The zero-order chi connectivity index (χ0) is 22.4. The smallest absolute Gasteiger partial charge is 0.351 e. The number of aromatic nitrogens is 2. The third-order valence-corrected chi connectivity index (χ3v) is 4.57. The lowest BCUT2D eigenvalue weighted by Crippen LogP contribution is -2.39. The van der Waals surface area contributed by atoms with E-state index in [2.05, 4.69) is 10.3 Å². The Hall–Kier alpha value is -3.12. The lowest BCUT2D eigenvalue weighted by atomic mass is 10.1. The van der Waals surface area contributed by atoms with Gasteiger partial charge >= 0.3 is 11.7 Å². The van der Waals surface area contributed by atoms with Crippen LogP contribution in [0.5, 0.6) is 0 Å². The molecule has 0 bridgehead atoms. The molecule has 2 aromatic rings. The number of rotatable bonds is 8. The average molecular weight is 433 g/mol. The molecule has 0 radical (unpaired) electrons. The van der Waals surface area contributed by atoms with Crippen LogP contribution in [-0.2, 0) is 19.0 Å². The summed E-state index contributed by atoms with van der Waals surface area (Å²) >= 11 is 0. The van der Waals surface area contributed by atoms with Crippen molar-refractivity contribution in [3.63, 3.8) is 0 Å². The molecular formula is C20H23N3O8. The number of benzene rings is 1. The standard InChI is InChI=1S/C20H23N3O8/c1-2-29-15(25)11-30-17-16(26)13(10-24)31-19(17)23-9-8-14(22-20(23)28)21-18(27)12-6-4-3-5-7-12/h3-9,13,16-17,19,24,26H,2,10-11H2,1H3,(H,21,22,27,28)/t13-,16-,17-,19-/m1/s1. The lowest BCUT2D eigenvalue weighted by Gasteiger charge is -2.22. The second kappa shape index (κ2) is 10.3. The van der Waals surface area contributed by atoms with Crippen LogP contribution in [-0.4, -0.2) is 69.8 Å². The third kappa shape index (κ3) is 5.33. The van der Waals surface area contributed by atoms with E-state index in [0.717, 1.165) is 4.57 Å². The number of aliphatic hydroxyl groups is 2. The van der Waals surface area contributed by atoms with E-state index >= 15 is 0 Å². The molecule has 3 rings (SSSR count). The van der Waals surface area contributed by atoms with Crippen molar-refractivity contribution in [3.8, 4) is 0 Å². The van der Waals surface area contributed by atoms with Crippen LogP contribution < -0.4 is 11.0 Å². The van der Waals surface area contributed by atoms with Crippen LogP contribution >= 0.6 is 0 Å². The number of anilines is 1. The number of carbonyl (C=O) groups excluding carboxylic acids is 2. The minimum atomic E-state index is -1.30. The zero-order valence-corrected chi connectivity index (χ0v) is 16.7. The normalized spacial score (nSPS) is 22.8. The fourth-order valence-electron chi connectivity index (χ4n) is 3.09. The minimum absolute atomic E-state index is 0.0244. The van der Waals surface area contributed by atoms with Gasteiger partial charge in [0, 0.05) is 11.8 Å². The molecule has 1 amide bonds. The molecule has 31 heavy (non-hydrogen) atoms. The summed E-state index contributed by atoms with van der Waals surface area (Å²) in [5, 5.41) is 22.3. The topological polar surface area (TPSA) is 149 Å². The first-order valence-electron chi connectivity index (χ1n) is 9.61. The van der Waals surface area contributed by atoms with Gasteiger partial charge in [0.25, 0.3) is 5.91 Å². The SMILES string of the molecule is CCOC(=O)CO[C@@H]1[C@H](O)[C@@H](CO)O[C@H]1n1ccc(NC(=O)c2ccccc2)nc1=O. The van der Waals surface area contributed by atoms with Crippen molar-refractivity contribution >= 4 is 17.7 Å². The van der Waals surface area contributed by atoms with Crippen molar-refractivity contribution in [1.29, 1.82) is 0 Å². The summed E-state index contributed by atoms with van der Waals surface area (Å²) in [4.78, 5) is 40.2. The summed E-state index contributed by atoms with van der Waals surface area (Å²) < 4.78 is 16.8. The third-order valence-electron chi connectivity index (χ3n) is 4.57. The van der Waals surface area contributed by atoms with Crippen LogP contribution in [0.3, 0.4) is 0 Å². The van der Waals surface area contributed by atoms with Gasteiger partial charge in [-0.25, -0.2) is 9.59 Å². The molecule has 0 spiro atoms. The molecular weight excluding hydrogens is 410 g/mol. The summed E-state index contributed by atoms with van der Waals surface area (Å²) in [6, 6.07) is 9.79. The predicted molar refractivity (Wildman–Crippen MR) is 106 cm³/mol. The number of hydrogen-bond donors (Lipinski definition) is 3. The molecule has 4 atom stereocenters. The number of esters is 1. The number of nitrogens with zero attached hydrogens (tertiary/aromatic N) is 2. The Kier molecular flexibility index (Phi) is 7.47. The number of carbonyl (C=O) groups is 2. The van der Waals surface area contributed by atoms with Gasteiger partial charge in [-0.05, 0) is 25.1 Å². The highest BCUT2D eigenvalue weighted by Gasteiger charge is 2.46. The van der Waals surface area contributed by atoms with Crippen molar-refractivity contribution in [1.82, 2.24) is 9.55 Å². The predicted octanol–water partition coefficient (Wildman–Crippen LogP) is -0.306. The molecule has 11 nitrogen and oxygen atoms in total. The van der Waals surface area contributed by atoms with E-state index in [1.165, 1.54) is 12.3 Å². The Labute approximate surface area is 177 Å². The van der Waals surface area contributed by atoms with E-state index in [1.54, 1.807) is 37.3 Å². The van der Waals surface area contributed by atoms with Crippen LogP contribution in [0.1, 0.15) is 23.5 Å². The molecule has 2 heterocycles. The first-order valence-corrected chi connectivity index (χ1v) is 9.61. The number of hydrogen-bond acceptors (Lipinski definition) is 9. The number of nitrogens with one attached hydrogen (secondary N) is 1. The number of aliphatic hydroxyl groups excluding tert-OH is 2. The molecule has 1 fully saturated rings. The van der Waals surface area contributed by atoms with E-state index in [-0.39, 0.29) is 12.4 Å². The van der Waals surface area contributed by atoms with E-state index in [1.807, 2.05) is 0 Å². The Morgan fingerprint density at radius 1 is 1.26 bits per heavy atom.